The number of anilines is 3. The summed E-state index contributed by atoms with van der Waals surface area (Å²) in [6.07, 6.45) is 9.60. The van der Waals surface area contributed by atoms with Crippen LogP contribution in [0.25, 0.3) is 76.9 Å². The highest BCUT2D eigenvalue weighted by molar-refractivity contribution is 6.18. The van der Waals surface area contributed by atoms with Gasteiger partial charge in [0.15, 0.2) is 0 Å². The number of para-hydroxylation sites is 3. The van der Waals surface area contributed by atoms with E-state index >= 15 is 0 Å². The molecule has 0 aliphatic heterocycles. The minimum atomic E-state index is -0.312. The lowest BCUT2D eigenvalue weighted by Gasteiger charge is -2.33. The third-order valence-corrected chi connectivity index (χ3v) is 16.6. The predicted molar refractivity (Wildman–Crippen MR) is 286 cm³/mol. The van der Waals surface area contributed by atoms with Crippen LogP contribution in [0.4, 0.5) is 17.1 Å². The third-order valence-electron chi connectivity index (χ3n) is 16.6. The van der Waals surface area contributed by atoms with Gasteiger partial charge in [0.2, 0.25) is 0 Å². The fourth-order valence-electron chi connectivity index (χ4n) is 14.1. The number of hydrogen-bond donors (Lipinski definition) is 0. The van der Waals surface area contributed by atoms with Crippen LogP contribution in [0, 0.1) is 11.8 Å². The molecule has 2 spiro atoms. The molecule has 4 unspecified atom stereocenters. The first-order valence-corrected chi connectivity index (χ1v) is 24.4. The topological polar surface area (TPSA) is 13.1 Å². The molecule has 3 heteroatoms. The van der Waals surface area contributed by atoms with Gasteiger partial charge in [-0.3, -0.25) is 0 Å². The molecular weight excluding hydrogens is 835 g/mol. The highest BCUT2D eigenvalue weighted by Crippen LogP contribution is 2.80. The molecule has 2 heterocycles. The second-order valence-electron chi connectivity index (χ2n) is 19.5. The Hall–Kier alpha value is -8.66. The Balaban J connectivity index is 1.03. The van der Waals surface area contributed by atoms with E-state index in [0.29, 0.717) is 11.8 Å². The Morgan fingerprint density at radius 2 is 1.06 bits per heavy atom. The summed E-state index contributed by atoms with van der Waals surface area (Å²) in [5, 5.41) is 7.37. The van der Waals surface area contributed by atoms with Gasteiger partial charge in [-0.05, 0) is 106 Å². The number of nitrogens with zero attached hydrogens (tertiary/aromatic N) is 3. The molecule has 0 saturated heterocycles. The maximum Gasteiger partial charge on any atom is 0.0562 e. The summed E-state index contributed by atoms with van der Waals surface area (Å²) in [7, 11) is 0. The quantitative estimate of drug-likeness (QED) is 0.168. The van der Waals surface area contributed by atoms with E-state index in [1.54, 1.807) is 0 Å². The fraction of sp³-hybridized carbons (Fsp3) is 0.0606. The summed E-state index contributed by atoms with van der Waals surface area (Å²) in [5.41, 5.74) is 18.6. The average Bonchev–Trinajstić information content (AvgIpc) is 3.59. The second kappa shape index (κ2) is 13.5. The number of allylic oxidation sites excluding steroid dienone is 4. The van der Waals surface area contributed by atoms with Crippen LogP contribution in [0.2, 0.25) is 0 Å². The van der Waals surface area contributed by atoms with Crippen molar-refractivity contribution in [2.45, 2.75) is 10.8 Å². The minimum Gasteiger partial charge on any atom is -0.309 e. The summed E-state index contributed by atoms with van der Waals surface area (Å²) in [4.78, 5) is 2.61. The summed E-state index contributed by atoms with van der Waals surface area (Å²) < 4.78 is 4.94. The van der Waals surface area contributed by atoms with Gasteiger partial charge in [-0.1, -0.05) is 188 Å². The largest absolute Gasteiger partial charge is 0.309 e. The monoisotopic (exact) mass is 877 g/mol. The first kappa shape index (κ1) is 37.4. The van der Waals surface area contributed by atoms with Gasteiger partial charge >= 0.3 is 0 Å². The maximum atomic E-state index is 2.61. The van der Waals surface area contributed by atoms with Crippen LogP contribution in [-0.4, -0.2) is 9.13 Å². The molecule has 69 heavy (non-hydrogen) atoms. The zero-order valence-corrected chi connectivity index (χ0v) is 37.7. The predicted octanol–water partition coefficient (Wildman–Crippen LogP) is 16.4. The highest BCUT2D eigenvalue weighted by atomic mass is 15.2. The van der Waals surface area contributed by atoms with Gasteiger partial charge < -0.3 is 14.0 Å². The molecule has 12 aromatic rings. The Morgan fingerprint density at radius 3 is 1.94 bits per heavy atom. The molecule has 2 aromatic heterocycles. The van der Waals surface area contributed by atoms with E-state index in [2.05, 4.69) is 263 Å². The molecule has 4 atom stereocenters. The van der Waals surface area contributed by atoms with E-state index in [0.717, 1.165) is 17.1 Å². The Kier molecular flexibility index (Phi) is 7.32. The second-order valence-corrected chi connectivity index (χ2v) is 19.5. The SMILES string of the molecule is C1=CC2C3C4(c5ccccc5-c5c(N(c6ccc7c8ccccc8n(-c8ccccc8)c7c6)c6cccc7c6c6ccccc6n7-c6cccc7ccccc67)cccc54)c4ccccc4C23C=C1. The van der Waals surface area contributed by atoms with Crippen molar-refractivity contribution in [3.8, 4) is 22.5 Å². The highest BCUT2D eigenvalue weighted by Gasteiger charge is 2.78. The number of rotatable bonds is 5. The van der Waals surface area contributed by atoms with E-state index < -0.39 is 0 Å². The van der Waals surface area contributed by atoms with E-state index in [4.69, 9.17) is 0 Å². The first-order chi connectivity index (χ1) is 34.3. The number of benzene rings is 10. The van der Waals surface area contributed by atoms with Crippen LogP contribution in [0.15, 0.2) is 249 Å². The molecule has 0 amide bonds. The maximum absolute atomic E-state index is 2.61. The molecule has 16 rings (SSSR count). The molecule has 1 saturated carbocycles. The van der Waals surface area contributed by atoms with Gasteiger partial charge in [0.1, 0.15) is 0 Å². The minimum absolute atomic E-state index is 0.0132. The van der Waals surface area contributed by atoms with Crippen LogP contribution >= 0.6 is 0 Å². The van der Waals surface area contributed by atoms with Crippen molar-refractivity contribution in [3.63, 3.8) is 0 Å². The van der Waals surface area contributed by atoms with Crippen molar-refractivity contribution in [1.29, 1.82) is 0 Å². The lowest BCUT2D eigenvalue weighted by Crippen LogP contribution is -2.29. The number of fused-ring (bicyclic) bond motifs is 16. The van der Waals surface area contributed by atoms with Gasteiger partial charge in [-0.2, -0.15) is 0 Å². The van der Waals surface area contributed by atoms with Crippen LogP contribution in [0.5, 0.6) is 0 Å². The summed E-state index contributed by atoms with van der Waals surface area (Å²) in [5.74, 6) is 0.816. The van der Waals surface area contributed by atoms with E-state index in [1.807, 2.05) is 0 Å². The van der Waals surface area contributed by atoms with Crippen molar-refractivity contribution in [2.75, 3.05) is 4.90 Å². The molecule has 0 bridgehead atoms. The van der Waals surface area contributed by atoms with Crippen molar-refractivity contribution < 1.29 is 0 Å². The Labute approximate surface area is 399 Å². The Morgan fingerprint density at radius 1 is 0.420 bits per heavy atom. The van der Waals surface area contributed by atoms with Crippen molar-refractivity contribution >= 4 is 71.4 Å². The number of aromatic nitrogens is 2. The molecule has 322 valence electrons. The summed E-state index contributed by atoms with van der Waals surface area (Å²) >= 11 is 0. The van der Waals surface area contributed by atoms with Crippen LogP contribution in [0.3, 0.4) is 0 Å². The molecule has 0 N–H and O–H groups in total. The van der Waals surface area contributed by atoms with E-state index in [-0.39, 0.29) is 10.8 Å². The lowest BCUT2D eigenvalue weighted by atomic mass is 9.69. The fourth-order valence-corrected chi connectivity index (χ4v) is 14.1. The molecule has 0 radical (unpaired) electrons. The van der Waals surface area contributed by atoms with E-state index in [1.165, 1.54) is 99.1 Å². The van der Waals surface area contributed by atoms with E-state index in [9.17, 15) is 0 Å². The molecule has 4 aliphatic carbocycles. The third kappa shape index (κ3) is 4.63. The lowest BCUT2D eigenvalue weighted by molar-refractivity contribution is 0.538. The Bertz CT molecular complexity index is 4240. The van der Waals surface area contributed by atoms with Crippen LogP contribution in [-0.2, 0) is 10.8 Å². The molecular formula is C66H43N3. The van der Waals surface area contributed by atoms with Crippen molar-refractivity contribution in [2.24, 2.45) is 11.8 Å². The van der Waals surface area contributed by atoms with Crippen molar-refractivity contribution in [3.05, 3.63) is 271 Å². The molecule has 1 fully saturated rings. The van der Waals surface area contributed by atoms with Gasteiger partial charge in [0, 0.05) is 49.3 Å². The normalized spacial score (nSPS) is 20.2. The smallest absolute Gasteiger partial charge is 0.0562 e. The van der Waals surface area contributed by atoms with Crippen LogP contribution < -0.4 is 4.90 Å². The zero-order valence-electron chi connectivity index (χ0n) is 37.7. The molecule has 3 nitrogen and oxygen atoms in total. The van der Waals surface area contributed by atoms with Crippen LogP contribution in [0.1, 0.15) is 22.3 Å². The van der Waals surface area contributed by atoms with Gasteiger partial charge in [0.05, 0.1) is 44.5 Å². The zero-order chi connectivity index (χ0) is 45.0. The first-order valence-electron chi connectivity index (χ1n) is 24.4. The van der Waals surface area contributed by atoms with Gasteiger partial charge in [-0.15, -0.1) is 0 Å². The average molecular weight is 878 g/mol. The van der Waals surface area contributed by atoms with Crippen molar-refractivity contribution in [1.82, 2.24) is 9.13 Å². The summed E-state index contributed by atoms with van der Waals surface area (Å²) in [6, 6.07) is 84.3. The van der Waals surface area contributed by atoms with Gasteiger partial charge in [-0.25, -0.2) is 0 Å². The number of hydrogen-bond acceptors (Lipinski definition) is 1. The molecule has 10 aromatic carbocycles. The molecule has 4 aliphatic rings. The standard InChI is InChI=1S/C66H43N3/c1-2-21-43(22-3-1)67-56-32-12-7-24-46(56)47-39-38-44(41-61(47)67)68(59-36-18-37-60-63(59)49-26-8-13-33-57(49)69(60)55-34-16-20-42-19-4-5-23-45(42)55)58-35-17-31-53-62(58)48-25-6-9-27-50(48)66(53)52-29-11-10-28-51(52)65-40-15-14-30-54(65)64(65)66/h1-41,54,64H. The van der Waals surface area contributed by atoms with Gasteiger partial charge in [0.25, 0.3) is 0 Å². The summed E-state index contributed by atoms with van der Waals surface area (Å²) in [6.45, 7) is 0.